The third-order valence-electron chi connectivity index (χ3n) is 3.65. The summed E-state index contributed by atoms with van der Waals surface area (Å²) in [6, 6.07) is 16.6. The predicted molar refractivity (Wildman–Crippen MR) is 106 cm³/mol. The van der Waals surface area contributed by atoms with E-state index < -0.39 is 10.0 Å². The topological polar surface area (TPSA) is 101 Å². The van der Waals surface area contributed by atoms with Crippen LogP contribution < -0.4 is 10.0 Å². The van der Waals surface area contributed by atoms with Crippen molar-refractivity contribution in [2.24, 2.45) is 5.92 Å². The first kappa shape index (κ1) is 19.0. The molecule has 0 atom stereocenters. The number of hydrogen-bond acceptors (Lipinski definition) is 6. The number of nitrogens with one attached hydrogen (secondary N) is 2. The summed E-state index contributed by atoms with van der Waals surface area (Å²) in [5.74, 6) is -0.498. The van der Waals surface area contributed by atoms with Crippen molar-refractivity contribution in [2.45, 2.75) is 18.2 Å². The van der Waals surface area contributed by atoms with Crippen molar-refractivity contribution in [3.63, 3.8) is 0 Å². The van der Waals surface area contributed by atoms with Gasteiger partial charge in [0.25, 0.3) is 14.4 Å². The molecule has 7 nitrogen and oxygen atoms in total. The SMILES string of the molecule is CC(C)C(=O)Nc1nnc(S(=O)(=O)Nc2ccccc2-c2ccccc2)s1. The minimum atomic E-state index is -3.94. The first-order valence-electron chi connectivity index (χ1n) is 8.18. The minimum absolute atomic E-state index is 0.144. The normalized spacial score (nSPS) is 11.4. The molecule has 0 spiro atoms. The van der Waals surface area contributed by atoms with Crippen LogP contribution in [0.4, 0.5) is 10.8 Å². The number of carbonyl (C=O) groups excluding carboxylic acids is 1. The second-order valence-electron chi connectivity index (χ2n) is 6.03. The quantitative estimate of drug-likeness (QED) is 0.614. The number of carbonyl (C=O) groups is 1. The first-order valence-corrected chi connectivity index (χ1v) is 10.5. The Morgan fingerprint density at radius 3 is 2.37 bits per heavy atom. The van der Waals surface area contributed by atoms with Crippen molar-refractivity contribution >= 4 is 38.1 Å². The lowest BCUT2D eigenvalue weighted by Crippen LogP contribution is -2.17. The van der Waals surface area contributed by atoms with Crippen molar-refractivity contribution in [2.75, 3.05) is 10.0 Å². The van der Waals surface area contributed by atoms with Gasteiger partial charge in [0.2, 0.25) is 11.0 Å². The Bertz CT molecular complexity index is 1050. The van der Waals surface area contributed by atoms with E-state index in [1.54, 1.807) is 26.0 Å². The van der Waals surface area contributed by atoms with Gasteiger partial charge in [0.05, 0.1) is 5.69 Å². The van der Waals surface area contributed by atoms with Crippen LogP contribution in [0.3, 0.4) is 0 Å². The lowest BCUT2D eigenvalue weighted by molar-refractivity contribution is -0.118. The zero-order valence-electron chi connectivity index (χ0n) is 14.7. The van der Waals surface area contributed by atoms with Crippen LogP contribution in [0.2, 0.25) is 0 Å². The van der Waals surface area contributed by atoms with Crippen molar-refractivity contribution in [1.82, 2.24) is 10.2 Å². The highest BCUT2D eigenvalue weighted by molar-refractivity contribution is 7.94. The summed E-state index contributed by atoms with van der Waals surface area (Å²) in [6.45, 7) is 3.46. The summed E-state index contributed by atoms with van der Waals surface area (Å²) < 4.78 is 27.7. The molecular formula is C18H18N4O3S2. The van der Waals surface area contributed by atoms with Gasteiger partial charge in [0.1, 0.15) is 0 Å². The van der Waals surface area contributed by atoms with Gasteiger partial charge in [-0.3, -0.25) is 9.52 Å². The van der Waals surface area contributed by atoms with Gasteiger partial charge in [0.15, 0.2) is 0 Å². The van der Waals surface area contributed by atoms with Gasteiger partial charge < -0.3 is 5.32 Å². The second kappa shape index (κ2) is 7.85. The van der Waals surface area contributed by atoms with Crippen LogP contribution in [-0.2, 0) is 14.8 Å². The number of anilines is 2. The van der Waals surface area contributed by atoms with Crippen molar-refractivity contribution in [3.8, 4) is 11.1 Å². The zero-order valence-corrected chi connectivity index (χ0v) is 16.3. The van der Waals surface area contributed by atoms with E-state index in [1.807, 2.05) is 42.5 Å². The summed E-state index contributed by atoms with van der Waals surface area (Å²) in [4.78, 5) is 11.7. The number of para-hydroxylation sites is 1. The molecule has 0 aliphatic heterocycles. The molecule has 2 N–H and O–H groups in total. The fraction of sp³-hybridized carbons (Fsp3) is 0.167. The van der Waals surface area contributed by atoms with Crippen molar-refractivity contribution < 1.29 is 13.2 Å². The Kier molecular flexibility index (Phi) is 5.52. The number of sulfonamides is 1. The summed E-state index contributed by atoms with van der Waals surface area (Å²) in [6.07, 6.45) is 0. The molecule has 0 aliphatic rings. The summed E-state index contributed by atoms with van der Waals surface area (Å²) in [5.41, 5.74) is 2.07. The lowest BCUT2D eigenvalue weighted by Gasteiger charge is -2.11. The number of hydrogen-bond donors (Lipinski definition) is 2. The molecule has 140 valence electrons. The zero-order chi connectivity index (χ0) is 19.4. The van der Waals surface area contributed by atoms with Crippen LogP contribution in [0.1, 0.15) is 13.8 Å². The van der Waals surface area contributed by atoms with Crippen molar-refractivity contribution in [3.05, 3.63) is 54.6 Å². The maximum atomic E-state index is 12.7. The highest BCUT2D eigenvalue weighted by Gasteiger charge is 2.22. The van der Waals surface area contributed by atoms with Crippen molar-refractivity contribution in [1.29, 1.82) is 0 Å². The maximum Gasteiger partial charge on any atom is 0.291 e. The number of rotatable bonds is 6. The van der Waals surface area contributed by atoms with E-state index in [2.05, 4.69) is 20.2 Å². The highest BCUT2D eigenvalue weighted by Crippen LogP contribution is 2.30. The molecule has 9 heteroatoms. The molecule has 1 heterocycles. The Balaban J connectivity index is 1.86. The van der Waals surface area contributed by atoms with E-state index in [0.717, 1.165) is 22.5 Å². The molecule has 3 aromatic rings. The number of aromatic nitrogens is 2. The summed E-state index contributed by atoms with van der Waals surface area (Å²) >= 11 is 0.802. The molecule has 1 amide bonds. The molecule has 3 rings (SSSR count). The molecule has 0 saturated heterocycles. The average Bonchev–Trinajstić information content (AvgIpc) is 3.12. The lowest BCUT2D eigenvalue weighted by atomic mass is 10.0. The Morgan fingerprint density at radius 2 is 1.67 bits per heavy atom. The van der Waals surface area contributed by atoms with Crippen LogP contribution >= 0.6 is 11.3 Å². The van der Waals surface area contributed by atoms with Crippen LogP contribution in [-0.4, -0.2) is 24.5 Å². The average molecular weight is 403 g/mol. The summed E-state index contributed by atoms with van der Waals surface area (Å²) in [5, 5.41) is 10.1. The van der Waals surface area contributed by atoms with E-state index in [0.29, 0.717) is 5.69 Å². The van der Waals surface area contributed by atoms with Gasteiger partial charge >= 0.3 is 0 Å². The van der Waals surface area contributed by atoms with Crippen LogP contribution in [0.25, 0.3) is 11.1 Å². The standard InChI is InChI=1S/C18H18N4O3S2/c1-12(2)16(23)19-17-20-21-18(26-17)27(24,25)22-15-11-7-6-10-14(15)13-8-4-3-5-9-13/h3-12,22H,1-2H3,(H,19,20,23). The van der Waals surface area contributed by atoms with Crippen LogP contribution in [0.15, 0.2) is 58.9 Å². The monoisotopic (exact) mass is 402 g/mol. The molecule has 2 aromatic carbocycles. The molecule has 1 aromatic heterocycles. The smallest absolute Gasteiger partial charge is 0.291 e. The van der Waals surface area contributed by atoms with E-state index in [9.17, 15) is 13.2 Å². The van der Waals surface area contributed by atoms with E-state index in [4.69, 9.17) is 0 Å². The maximum absolute atomic E-state index is 12.7. The highest BCUT2D eigenvalue weighted by atomic mass is 32.2. The molecule has 0 fully saturated rings. The molecule has 0 unspecified atom stereocenters. The second-order valence-corrected chi connectivity index (χ2v) is 8.87. The van der Waals surface area contributed by atoms with E-state index in [-0.39, 0.29) is 21.3 Å². The first-order chi connectivity index (χ1) is 12.9. The largest absolute Gasteiger partial charge is 0.300 e. The third kappa shape index (κ3) is 4.50. The van der Waals surface area contributed by atoms with Crippen LogP contribution in [0.5, 0.6) is 0 Å². The van der Waals surface area contributed by atoms with Crippen LogP contribution in [0, 0.1) is 5.92 Å². The minimum Gasteiger partial charge on any atom is -0.300 e. The molecule has 0 aliphatic carbocycles. The molecule has 0 bridgehead atoms. The van der Waals surface area contributed by atoms with Gasteiger partial charge in [-0.1, -0.05) is 73.7 Å². The summed E-state index contributed by atoms with van der Waals surface area (Å²) in [7, 11) is -3.94. The van der Waals surface area contributed by atoms with Gasteiger partial charge in [-0.15, -0.1) is 10.2 Å². The Morgan fingerprint density at radius 1 is 1.00 bits per heavy atom. The predicted octanol–water partition coefficient (Wildman–Crippen LogP) is 3.60. The van der Waals surface area contributed by atoms with E-state index >= 15 is 0 Å². The Hall–Kier alpha value is -2.78. The number of nitrogens with zero attached hydrogens (tertiary/aromatic N) is 2. The van der Waals surface area contributed by atoms with Gasteiger partial charge in [0, 0.05) is 11.5 Å². The Labute approximate surface area is 161 Å². The number of amides is 1. The molecular weight excluding hydrogens is 384 g/mol. The molecule has 0 radical (unpaired) electrons. The van der Waals surface area contributed by atoms with Gasteiger partial charge in [-0.2, -0.15) is 8.42 Å². The molecule has 0 saturated carbocycles. The van der Waals surface area contributed by atoms with E-state index in [1.165, 1.54) is 0 Å². The molecule has 27 heavy (non-hydrogen) atoms. The fourth-order valence-corrected chi connectivity index (χ4v) is 4.23. The fourth-order valence-electron chi connectivity index (χ4n) is 2.25. The number of benzene rings is 2. The third-order valence-corrected chi connectivity index (χ3v) is 6.22. The van der Waals surface area contributed by atoms with Gasteiger partial charge in [-0.25, -0.2) is 0 Å². The van der Waals surface area contributed by atoms with Gasteiger partial charge in [-0.05, 0) is 11.6 Å².